The third kappa shape index (κ3) is 4.49. The molecule has 0 aliphatic heterocycles. The van der Waals surface area contributed by atoms with Crippen LogP contribution in [-0.2, 0) is 0 Å². The highest BCUT2D eigenvalue weighted by molar-refractivity contribution is 5.97. The van der Waals surface area contributed by atoms with Crippen LogP contribution in [0, 0.1) is 21.8 Å². The number of benzene rings is 1. The van der Waals surface area contributed by atoms with E-state index >= 15 is 0 Å². The van der Waals surface area contributed by atoms with Gasteiger partial charge in [-0.1, -0.05) is 13.8 Å². The molecular weight excluding hydrogens is 277 g/mol. The SMILES string of the molecule is CC(C)C(N)CCN(C)C(=O)c1ccc(F)cc1[N+](=O)[O-]. The van der Waals surface area contributed by atoms with Gasteiger partial charge in [0.2, 0.25) is 0 Å². The number of hydrogen-bond donors (Lipinski definition) is 1. The van der Waals surface area contributed by atoms with Gasteiger partial charge in [0.1, 0.15) is 11.4 Å². The molecule has 1 atom stereocenters. The molecule has 116 valence electrons. The number of rotatable bonds is 6. The molecule has 6 nitrogen and oxygen atoms in total. The number of nitro groups is 1. The number of carbonyl (C=O) groups is 1. The van der Waals surface area contributed by atoms with Gasteiger partial charge in [-0.2, -0.15) is 0 Å². The first-order chi connectivity index (χ1) is 9.73. The van der Waals surface area contributed by atoms with Crippen LogP contribution < -0.4 is 5.73 Å². The summed E-state index contributed by atoms with van der Waals surface area (Å²) in [5.74, 6) is -0.978. The zero-order valence-electron chi connectivity index (χ0n) is 12.4. The number of halogens is 1. The zero-order chi connectivity index (χ0) is 16.2. The first kappa shape index (κ1) is 17.0. The fourth-order valence-corrected chi connectivity index (χ4v) is 1.82. The van der Waals surface area contributed by atoms with Crippen molar-refractivity contribution in [2.24, 2.45) is 11.7 Å². The minimum absolute atomic E-state index is 0.0524. The summed E-state index contributed by atoms with van der Waals surface area (Å²) in [6, 6.07) is 2.87. The van der Waals surface area contributed by atoms with Crippen molar-refractivity contribution in [3.8, 4) is 0 Å². The Bertz CT molecular complexity index is 534. The second-order valence-corrected chi connectivity index (χ2v) is 5.34. The van der Waals surface area contributed by atoms with Gasteiger partial charge in [-0.3, -0.25) is 14.9 Å². The van der Waals surface area contributed by atoms with Crippen molar-refractivity contribution >= 4 is 11.6 Å². The lowest BCUT2D eigenvalue weighted by Crippen LogP contribution is -2.34. The second kappa shape index (κ2) is 7.12. The van der Waals surface area contributed by atoms with Crippen molar-refractivity contribution in [2.45, 2.75) is 26.3 Å². The Kier molecular flexibility index (Phi) is 5.78. The Labute approximate surface area is 122 Å². The highest BCUT2D eigenvalue weighted by Gasteiger charge is 2.24. The van der Waals surface area contributed by atoms with E-state index in [-0.39, 0.29) is 17.5 Å². The van der Waals surface area contributed by atoms with Crippen LogP contribution >= 0.6 is 0 Å². The number of nitrogens with two attached hydrogens (primary N) is 1. The van der Waals surface area contributed by atoms with E-state index in [2.05, 4.69) is 0 Å². The quantitative estimate of drug-likeness (QED) is 0.643. The van der Waals surface area contributed by atoms with E-state index in [1.165, 1.54) is 4.90 Å². The first-order valence-electron chi connectivity index (χ1n) is 6.69. The molecule has 1 aromatic rings. The van der Waals surface area contributed by atoms with Crippen LogP contribution in [0.1, 0.15) is 30.6 Å². The number of nitrogens with zero attached hydrogens (tertiary/aromatic N) is 2. The molecule has 7 heteroatoms. The lowest BCUT2D eigenvalue weighted by atomic mass is 10.0. The van der Waals surface area contributed by atoms with Crippen molar-refractivity contribution in [3.05, 3.63) is 39.7 Å². The molecule has 1 rings (SSSR count). The molecular formula is C14H20FN3O3. The summed E-state index contributed by atoms with van der Waals surface area (Å²) >= 11 is 0. The van der Waals surface area contributed by atoms with E-state index in [0.717, 1.165) is 18.2 Å². The van der Waals surface area contributed by atoms with Crippen LogP contribution in [0.2, 0.25) is 0 Å². The summed E-state index contributed by atoms with van der Waals surface area (Å²) < 4.78 is 13.1. The molecule has 0 fully saturated rings. The van der Waals surface area contributed by atoms with Crippen LogP contribution in [0.4, 0.5) is 10.1 Å². The standard InChI is InChI=1S/C14H20FN3O3/c1-9(2)12(16)6-7-17(3)14(19)11-5-4-10(15)8-13(11)18(20)21/h4-5,8-9,12H,6-7,16H2,1-3H3. The van der Waals surface area contributed by atoms with Crippen molar-refractivity contribution in [1.29, 1.82) is 0 Å². The van der Waals surface area contributed by atoms with Crippen molar-refractivity contribution in [1.82, 2.24) is 4.90 Å². The molecule has 0 bridgehead atoms. The van der Waals surface area contributed by atoms with Gasteiger partial charge in [0, 0.05) is 19.6 Å². The molecule has 0 aliphatic carbocycles. The van der Waals surface area contributed by atoms with Crippen LogP contribution in [0.15, 0.2) is 18.2 Å². The highest BCUT2D eigenvalue weighted by Crippen LogP contribution is 2.21. The van der Waals surface area contributed by atoms with E-state index < -0.39 is 22.3 Å². The van der Waals surface area contributed by atoms with Crippen LogP contribution in [0.5, 0.6) is 0 Å². The molecule has 0 heterocycles. The summed E-state index contributed by atoms with van der Waals surface area (Å²) in [6.45, 7) is 4.35. The Hall–Kier alpha value is -2.02. The maximum Gasteiger partial charge on any atom is 0.285 e. The van der Waals surface area contributed by atoms with Gasteiger partial charge in [0.25, 0.3) is 11.6 Å². The Balaban J connectivity index is 2.86. The average molecular weight is 297 g/mol. The van der Waals surface area contributed by atoms with Gasteiger partial charge >= 0.3 is 0 Å². The van der Waals surface area contributed by atoms with Gasteiger partial charge in [-0.15, -0.1) is 0 Å². The molecule has 1 unspecified atom stereocenters. The molecule has 0 saturated carbocycles. The van der Waals surface area contributed by atoms with E-state index in [4.69, 9.17) is 5.73 Å². The molecule has 1 amide bonds. The molecule has 0 aliphatic rings. The molecule has 0 spiro atoms. The maximum absolute atomic E-state index is 13.1. The smallest absolute Gasteiger partial charge is 0.285 e. The number of hydrogen-bond acceptors (Lipinski definition) is 4. The third-order valence-electron chi connectivity index (χ3n) is 3.39. The van der Waals surface area contributed by atoms with Gasteiger partial charge in [-0.25, -0.2) is 4.39 Å². The topological polar surface area (TPSA) is 89.5 Å². The minimum atomic E-state index is -0.760. The largest absolute Gasteiger partial charge is 0.341 e. The van der Waals surface area contributed by atoms with Gasteiger partial charge in [-0.05, 0) is 24.5 Å². The summed E-state index contributed by atoms with van der Waals surface area (Å²) in [6.07, 6.45) is 0.592. The van der Waals surface area contributed by atoms with Gasteiger partial charge in [0.15, 0.2) is 0 Å². The maximum atomic E-state index is 13.1. The van der Waals surface area contributed by atoms with E-state index in [0.29, 0.717) is 13.0 Å². The molecule has 21 heavy (non-hydrogen) atoms. The minimum Gasteiger partial charge on any atom is -0.341 e. The predicted molar refractivity (Wildman–Crippen MR) is 77.4 cm³/mol. The molecule has 2 N–H and O–H groups in total. The van der Waals surface area contributed by atoms with Crippen LogP contribution in [0.3, 0.4) is 0 Å². The fraction of sp³-hybridized carbons (Fsp3) is 0.500. The fourth-order valence-electron chi connectivity index (χ4n) is 1.82. The van der Waals surface area contributed by atoms with E-state index in [1.807, 2.05) is 13.8 Å². The monoisotopic (exact) mass is 297 g/mol. The Morgan fingerprint density at radius 2 is 2.10 bits per heavy atom. The summed E-state index contributed by atoms with van der Waals surface area (Å²) in [4.78, 5) is 23.7. The van der Waals surface area contributed by atoms with Gasteiger partial charge in [0.05, 0.1) is 11.0 Å². The van der Waals surface area contributed by atoms with Crippen molar-refractivity contribution in [3.63, 3.8) is 0 Å². The van der Waals surface area contributed by atoms with Crippen LogP contribution in [0.25, 0.3) is 0 Å². The molecule has 0 aromatic heterocycles. The van der Waals surface area contributed by atoms with E-state index in [1.54, 1.807) is 7.05 Å². The normalized spacial score (nSPS) is 12.3. The lowest BCUT2D eigenvalue weighted by molar-refractivity contribution is -0.385. The highest BCUT2D eigenvalue weighted by atomic mass is 19.1. The lowest BCUT2D eigenvalue weighted by Gasteiger charge is -2.21. The third-order valence-corrected chi connectivity index (χ3v) is 3.39. The number of carbonyl (C=O) groups excluding carboxylic acids is 1. The Morgan fingerprint density at radius 3 is 2.62 bits per heavy atom. The summed E-state index contributed by atoms with van der Waals surface area (Å²) in [7, 11) is 1.54. The molecule has 1 aromatic carbocycles. The van der Waals surface area contributed by atoms with Gasteiger partial charge < -0.3 is 10.6 Å². The van der Waals surface area contributed by atoms with Crippen molar-refractivity contribution < 1.29 is 14.1 Å². The first-order valence-corrected chi connectivity index (χ1v) is 6.69. The number of amides is 1. The van der Waals surface area contributed by atoms with Crippen LogP contribution in [-0.4, -0.2) is 35.4 Å². The molecule has 0 saturated heterocycles. The molecule has 0 radical (unpaired) electrons. The predicted octanol–water partition coefficient (Wildman–Crippen LogP) is 2.18. The van der Waals surface area contributed by atoms with Crippen molar-refractivity contribution in [2.75, 3.05) is 13.6 Å². The summed E-state index contributed by atoms with van der Waals surface area (Å²) in [5, 5.41) is 10.9. The summed E-state index contributed by atoms with van der Waals surface area (Å²) in [5.41, 5.74) is 5.25. The number of nitro benzene ring substituents is 1. The zero-order valence-corrected chi connectivity index (χ0v) is 12.4. The van der Waals surface area contributed by atoms with E-state index in [9.17, 15) is 19.3 Å². The average Bonchev–Trinajstić information content (AvgIpc) is 2.43. The second-order valence-electron chi connectivity index (χ2n) is 5.34. The Morgan fingerprint density at radius 1 is 1.48 bits per heavy atom.